The van der Waals surface area contributed by atoms with E-state index in [2.05, 4.69) is 4.99 Å². The van der Waals surface area contributed by atoms with Crippen molar-refractivity contribution in [1.82, 2.24) is 0 Å². The molecule has 0 fully saturated rings. The van der Waals surface area contributed by atoms with Gasteiger partial charge in [0.1, 0.15) is 5.75 Å². The molecule has 0 amide bonds. The van der Waals surface area contributed by atoms with Gasteiger partial charge in [-0.1, -0.05) is 6.07 Å². The molecular formula is C24H19NO7. The molecule has 2 aromatic carbocycles. The molecule has 0 spiro atoms. The third-order valence-corrected chi connectivity index (χ3v) is 4.45. The van der Waals surface area contributed by atoms with Crippen molar-refractivity contribution in [2.75, 3.05) is 13.7 Å². The largest absolute Gasteiger partial charge is 0.497 e. The summed E-state index contributed by atoms with van der Waals surface area (Å²) in [6, 6.07) is 14.8. The molecule has 0 bridgehead atoms. The van der Waals surface area contributed by atoms with Gasteiger partial charge in [0.15, 0.2) is 23.0 Å². The number of hydrogen-bond donors (Lipinski definition) is 0. The summed E-state index contributed by atoms with van der Waals surface area (Å²) in [6.07, 6.45) is 3.02. The van der Waals surface area contributed by atoms with Gasteiger partial charge < -0.3 is 23.4 Å². The van der Waals surface area contributed by atoms with Crippen LogP contribution in [-0.4, -0.2) is 31.6 Å². The number of methoxy groups -OCH3 is 1. The SMILES string of the molecule is CCOc1cc(/C=C2/N=C(c3ccco3)OC2=O)ccc1OC(=O)c1ccc(OC)cc1. The Hall–Kier alpha value is -4.33. The van der Waals surface area contributed by atoms with Crippen molar-refractivity contribution in [3.05, 3.63) is 83.4 Å². The summed E-state index contributed by atoms with van der Waals surface area (Å²) in [7, 11) is 1.55. The highest BCUT2D eigenvalue weighted by Gasteiger charge is 2.26. The Morgan fingerprint density at radius 3 is 2.59 bits per heavy atom. The summed E-state index contributed by atoms with van der Waals surface area (Å²) in [5, 5.41) is 0. The van der Waals surface area contributed by atoms with E-state index < -0.39 is 11.9 Å². The first-order chi connectivity index (χ1) is 15.6. The fourth-order valence-electron chi connectivity index (χ4n) is 2.93. The van der Waals surface area contributed by atoms with Gasteiger partial charge in [-0.05, 0) is 67.1 Å². The average molecular weight is 433 g/mol. The maximum Gasteiger partial charge on any atom is 0.363 e. The highest BCUT2D eigenvalue weighted by Crippen LogP contribution is 2.31. The maximum absolute atomic E-state index is 12.5. The molecule has 0 unspecified atom stereocenters. The van der Waals surface area contributed by atoms with Crippen molar-refractivity contribution >= 4 is 23.9 Å². The molecule has 1 aromatic heterocycles. The number of benzene rings is 2. The molecule has 0 atom stereocenters. The van der Waals surface area contributed by atoms with E-state index in [4.69, 9.17) is 23.4 Å². The molecule has 162 valence electrons. The minimum absolute atomic E-state index is 0.0984. The van der Waals surface area contributed by atoms with E-state index in [0.717, 1.165) is 0 Å². The summed E-state index contributed by atoms with van der Waals surface area (Å²) in [4.78, 5) is 28.8. The number of aliphatic imine (C=N–C) groups is 1. The molecule has 1 aliphatic heterocycles. The lowest BCUT2D eigenvalue weighted by molar-refractivity contribution is -0.130. The predicted octanol–water partition coefficient (Wildman–Crippen LogP) is 4.25. The Labute approximate surface area is 183 Å². The Bertz CT molecular complexity index is 1190. The van der Waals surface area contributed by atoms with Gasteiger partial charge in [-0.15, -0.1) is 0 Å². The molecule has 4 rings (SSSR count). The normalized spacial score (nSPS) is 14.1. The van der Waals surface area contributed by atoms with Crippen LogP contribution in [0.1, 0.15) is 28.6 Å². The Kier molecular flexibility index (Phi) is 6.03. The second-order valence-corrected chi connectivity index (χ2v) is 6.57. The number of hydrogen-bond acceptors (Lipinski definition) is 8. The van der Waals surface area contributed by atoms with E-state index in [-0.39, 0.29) is 17.3 Å². The Balaban J connectivity index is 1.57. The number of ether oxygens (including phenoxy) is 4. The molecule has 0 N–H and O–H groups in total. The van der Waals surface area contributed by atoms with E-state index in [1.807, 2.05) is 6.92 Å². The number of rotatable bonds is 7. The lowest BCUT2D eigenvalue weighted by Gasteiger charge is -2.11. The zero-order valence-corrected chi connectivity index (χ0v) is 17.4. The van der Waals surface area contributed by atoms with Crippen molar-refractivity contribution in [2.24, 2.45) is 4.99 Å². The summed E-state index contributed by atoms with van der Waals surface area (Å²) in [5.41, 5.74) is 1.10. The van der Waals surface area contributed by atoms with Crippen LogP contribution in [0.2, 0.25) is 0 Å². The molecule has 0 aliphatic carbocycles. The van der Waals surface area contributed by atoms with Crippen molar-refractivity contribution in [2.45, 2.75) is 6.92 Å². The molecule has 32 heavy (non-hydrogen) atoms. The monoisotopic (exact) mass is 433 g/mol. The highest BCUT2D eigenvalue weighted by atomic mass is 16.6. The van der Waals surface area contributed by atoms with Gasteiger partial charge in [0.25, 0.3) is 5.90 Å². The van der Waals surface area contributed by atoms with E-state index in [9.17, 15) is 9.59 Å². The van der Waals surface area contributed by atoms with Gasteiger partial charge >= 0.3 is 11.9 Å². The number of carbonyl (C=O) groups excluding carboxylic acids is 2. The van der Waals surface area contributed by atoms with Gasteiger partial charge in [0.05, 0.1) is 25.5 Å². The minimum Gasteiger partial charge on any atom is -0.497 e. The predicted molar refractivity (Wildman–Crippen MR) is 115 cm³/mol. The van der Waals surface area contributed by atoms with Gasteiger partial charge in [0, 0.05) is 0 Å². The Morgan fingerprint density at radius 1 is 1.09 bits per heavy atom. The molecule has 1 aliphatic rings. The number of esters is 2. The van der Waals surface area contributed by atoms with E-state index in [1.165, 1.54) is 6.26 Å². The quantitative estimate of drug-likeness (QED) is 0.312. The van der Waals surface area contributed by atoms with Gasteiger partial charge in [-0.2, -0.15) is 0 Å². The second-order valence-electron chi connectivity index (χ2n) is 6.57. The standard InChI is InChI=1S/C24H19NO7/c1-3-29-21-14-15(13-18-24(27)32-22(25-18)20-5-4-12-30-20)6-11-19(21)31-23(26)16-7-9-17(28-2)10-8-16/h4-14H,3H2,1-2H3/b18-13+. The third kappa shape index (κ3) is 4.54. The number of nitrogens with zero attached hydrogens (tertiary/aromatic N) is 1. The molecule has 0 saturated carbocycles. The second kappa shape index (κ2) is 9.22. The Morgan fingerprint density at radius 2 is 1.91 bits per heavy atom. The first-order valence-corrected chi connectivity index (χ1v) is 9.77. The van der Waals surface area contributed by atoms with Crippen LogP contribution >= 0.6 is 0 Å². The maximum atomic E-state index is 12.5. The lowest BCUT2D eigenvalue weighted by atomic mass is 10.1. The summed E-state index contributed by atoms with van der Waals surface area (Å²) in [5.74, 6) is 0.571. The van der Waals surface area contributed by atoms with Gasteiger partial charge in [0.2, 0.25) is 0 Å². The van der Waals surface area contributed by atoms with Crippen molar-refractivity contribution in [1.29, 1.82) is 0 Å². The molecule has 0 saturated heterocycles. The van der Waals surface area contributed by atoms with Crippen molar-refractivity contribution < 1.29 is 33.0 Å². The van der Waals surface area contributed by atoms with Crippen molar-refractivity contribution in [3.8, 4) is 17.2 Å². The zero-order chi connectivity index (χ0) is 22.5. The number of carbonyl (C=O) groups is 2. The highest BCUT2D eigenvalue weighted by molar-refractivity contribution is 6.11. The number of cyclic esters (lactones) is 1. The minimum atomic E-state index is -0.593. The molecule has 8 heteroatoms. The topological polar surface area (TPSA) is 96.6 Å². The van der Waals surface area contributed by atoms with Gasteiger partial charge in [-0.3, -0.25) is 0 Å². The van der Waals surface area contributed by atoms with Crippen LogP contribution in [0.3, 0.4) is 0 Å². The van der Waals surface area contributed by atoms with E-state index in [1.54, 1.807) is 67.8 Å². The van der Waals surface area contributed by atoms with Crippen LogP contribution in [0.5, 0.6) is 17.2 Å². The summed E-state index contributed by atoms with van der Waals surface area (Å²) >= 11 is 0. The smallest absolute Gasteiger partial charge is 0.363 e. The fraction of sp³-hybridized carbons (Fsp3) is 0.125. The van der Waals surface area contributed by atoms with Crippen molar-refractivity contribution in [3.63, 3.8) is 0 Å². The first kappa shape index (κ1) is 20.9. The van der Waals surface area contributed by atoms with Crippen LogP contribution in [0.15, 0.2) is 76.0 Å². The van der Waals surface area contributed by atoms with Crippen LogP contribution in [0.25, 0.3) is 6.08 Å². The average Bonchev–Trinajstić information content (AvgIpc) is 3.46. The van der Waals surface area contributed by atoms with Gasteiger partial charge in [-0.25, -0.2) is 14.6 Å². The van der Waals surface area contributed by atoms with E-state index >= 15 is 0 Å². The van der Waals surface area contributed by atoms with Crippen LogP contribution in [0.4, 0.5) is 0 Å². The molecule has 0 radical (unpaired) electrons. The van der Waals surface area contributed by atoms with Crippen LogP contribution < -0.4 is 14.2 Å². The fourth-order valence-corrected chi connectivity index (χ4v) is 2.93. The molecule has 2 heterocycles. The summed E-state index contributed by atoms with van der Waals surface area (Å²) < 4.78 is 26.6. The lowest BCUT2D eigenvalue weighted by Crippen LogP contribution is -2.09. The molecule has 8 nitrogen and oxygen atoms in total. The van der Waals surface area contributed by atoms with Crippen LogP contribution in [0, 0.1) is 0 Å². The zero-order valence-electron chi connectivity index (χ0n) is 17.4. The first-order valence-electron chi connectivity index (χ1n) is 9.77. The summed E-state index contributed by atoms with van der Waals surface area (Å²) in [6.45, 7) is 2.17. The van der Waals surface area contributed by atoms with E-state index in [0.29, 0.717) is 35.0 Å². The van der Waals surface area contributed by atoms with Crippen LogP contribution in [-0.2, 0) is 9.53 Å². The molecule has 3 aromatic rings. The number of furan rings is 1. The third-order valence-electron chi connectivity index (χ3n) is 4.45. The molecular weight excluding hydrogens is 414 g/mol.